The van der Waals surface area contributed by atoms with E-state index in [1.54, 1.807) is 0 Å². The Morgan fingerprint density at radius 1 is 1.45 bits per heavy atom. The fraction of sp³-hybridized carbons (Fsp3) is 0.875. The van der Waals surface area contributed by atoms with Crippen molar-refractivity contribution >= 4 is 5.78 Å². The smallest absolute Gasteiger partial charge is 0.146 e. The zero-order chi connectivity index (χ0) is 8.53. The van der Waals surface area contributed by atoms with Gasteiger partial charge in [-0.25, -0.2) is 0 Å². The molecule has 0 aromatic heterocycles. The molecule has 0 saturated heterocycles. The van der Waals surface area contributed by atoms with Gasteiger partial charge in [0.1, 0.15) is 5.78 Å². The van der Waals surface area contributed by atoms with Crippen molar-refractivity contribution in [3.8, 4) is 0 Å². The molecule has 0 aromatic carbocycles. The number of nitrogens with one attached hydrogen (secondary N) is 2. The summed E-state index contributed by atoms with van der Waals surface area (Å²) in [5, 5.41) is 5.90. The van der Waals surface area contributed by atoms with Gasteiger partial charge in [0, 0.05) is 13.1 Å². The monoisotopic (exact) mass is 158 g/mol. The molecule has 2 N–H and O–H groups in total. The summed E-state index contributed by atoms with van der Waals surface area (Å²) in [5.41, 5.74) is 0. The van der Waals surface area contributed by atoms with Crippen molar-refractivity contribution in [3.05, 3.63) is 0 Å². The molecule has 0 aromatic rings. The fourth-order valence-corrected chi connectivity index (χ4v) is 0.789. The van der Waals surface area contributed by atoms with Crippen LogP contribution < -0.4 is 10.6 Å². The Hall–Kier alpha value is -0.410. The third-order valence-electron chi connectivity index (χ3n) is 1.43. The first kappa shape index (κ1) is 10.6. The van der Waals surface area contributed by atoms with Crippen molar-refractivity contribution < 1.29 is 4.79 Å². The molecular formula is C8H18N2O. The van der Waals surface area contributed by atoms with Crippen LogP contribution in [0.3, 0.4) is 0 Å². The first-order valence-electron chi connectivity index (χ1n) is 4.18. The van der Waals surface area contributed by atoms with E-state index in [2.05, 4.69) is 17.6 Å². The molecule has 0 amide bonds. The topological polar surface area (TPSA) is 41.1 Å². The molecule has 0 atom stereocenters. The van der Waals surface area contributed by atoms with Gasteiger partial charge in [0.2, 0.25) is 0 Å². The molecule has 0 aliphatic rings. The summed E-state index contributed by atoms with van der Waals surface area (Å²) in [4.78, 5) is 11.0. The van der Waals surface area contributed by atoms with Gasteiger partial charge in [-0.05, 0) is 13.5 Å². The number of rotatable bonds is 7. The van der Waals surface area contributed by atoms with Crippen LogP contribution in [0.2, 0.25) is 0 Å². The second kappa shape index (κ2) is 7.69. The van der Waals surface area contributed by atoms with Crippen LogP contribution >= 0.6 is 0 Å². The molecule has 3 nitrogen and oxygen atoms in total. The Balaban J connectivity index is 3.09. The van der Waals surface area contributed by atoms with Crippen LogP contribution in [0.4, 0.5) is 0 Å². The third kappa shape index (κ3) is 7.49. The molecule has 11 heavy (non-hydrogen) atoms. The Kier molecular flexibility index (Phi) is 7.41. The van der Waals surface area contributed by atoms with Crippen molar-refractivity contribution in [1.82, 2.24) is 10.6 Å². The molecule has 0 aliphatic carbocycles. The number of ketones is 1. The number of unbranched alkanes of at least 4 members (excludes halogenated alkanes) is 1. The van der Waals surface area contributed by atoms with Crippen LogP contribution in [0.1, 0.15) is 26.2 Å². The van der Waals surface area contributed by atoms with Crippen LogP contribution in [0, 0.1) is 0 Å². The largest absolute Gasteiger partial charge is 0.308 e. The van der Waals surface area contributed by atoms with Gasteiger partial charge in [-0.1, -0.05) is 13.3 Å². The van der Waals surface area contributed by atoms with Crippen molar-refractivity contribution in [3.63, 3.8) is 0 Å². The van der Waals surface area contributed by atoms with Gasteiger partial charge in [0.15, 0.2) is 0 Å². The summed E-state index contributed by atoms with van der Waals surface area (Å²) < 4.78 is 0. The van der Waals surface area contributed by atoms with Crippen LogP contribution in [0.15, 0.2) is 0 Å². The second-order valence-electron chi connectivity index (χ2n) is 2.60. The number of carbonyl (C=O) groups is 1. The maximum atomic E-state index is 11.0. The Bertz CT molecular complexity index is 104. The van der Waals surface area contributed by atoms with E-state index in [4.69, 9.17) is 0 Å². The SMILES string of the molecule is CCCCC(=O)CNCNC. The van der Waals surface area contributed by atoms with Crippen molar-refractivity contribution in [2.24, 2.45) is 0 Å². The number of carbonyl (C=O) groups excluding carboxylic acids is 1. The highest BCUT2D eigenvalue weighted by Crippen LogP contribution is 1.93. The van der Waals surface area contributed by atoms with Crippen molar-refractivity contribution in [1.29, 1.82) is 0 Å². The van der Waals surface area contributed by atoms with E-state index in [9.17, 15) is 4.79 Å². The Morgan fingerprint density at radius 3 is 2.73 bits per heavy atom. The van der Waals surface area contributed by atoms with Crippen molar-refractivity contribution in [2.45, 2.75) is 26.2 Å². The molecule has 0 unspecified atom stereocenters. The number of Topliss-reactive ketones (excluding diaryl/α,β-unsaturated/α-hetero) is 1. The van der Waals surface area contributed by atoms with Crippen LogP contribution in [0.25, 0.3) is 0 Å². The van der Waals surface area contributed by atoms with E-state index >= 15 is 0 Å². The Labute approximate surface area is 68.6 Å². The van der Waals surface area contributed by atoms with Gasteiger partial charge >= 0.3 is 0 Å². The predicted molar refractivity (Wildman–Crippen MR) is 46.5 cm³/mol. The lowest BCUT2D eigenvalue weighted by atomic mass is 10.2. The van der Waals surface area contributed by atoms with Gasteiger partial charge in [-0.15, -0.1) is 0 Å². The second-order valence-corrected chi connectivity index (χ2v) is 2.60. The summed E-state index contributed by atoms with van der Waals surface area (Å²) in [5.74, 6) is 0.308. The van der Waals surface area contributed by atoms with E-state index in [-0.39, 0.29) is 0 Å². The average Bonchev–Trinajstić information content (AvgIpc) is 2.01. The number of hydrogen-bond donors (Lipinski definition) is 2. The van der Waals surface area contributed by atoms with Gasteiger partial charge in [-0.3, -0.25) is 10.1 Å². The molecule has 0 aliphatic heterocycles. The molecule has 66 valence electrons. The fourth-order valence-electron chi connectivity index (χ4n) is 0.789. The highest BCUT2D eigenvalue weighted by atomic mass is 16.1. The first-order valence-corrected chi connectivity index (χ1v) is 4.18. The summed E-state index contributed by atoms with van der Waals surface area (Å²) >= 11 is 0. The zero-order valence-electron chi connectivity index (χ0n) is 7.44. The van der Waals surface area contributed by atoms with Crippen LogP contribution in [0.5, 0.6) is 0 Å². The number of hydrogen-bond acceptors (Lipinski definition) is 3. The maximum Gasteiger partial charge on any atom is 0.146 e. The average molecular weight is 158 g/mol. The summed E-state index contributed by atoms with van der Waals surface area (Å²) in [6.07, 6.45) is 2.82. The normalized spacial score (nSPS) is 10.0. The lowest BCUT2D eigenvalue weighted by Gasteiger charge is -2.01. The van der Waals surface area contributed by atoms with Gasteiger partial charge in [-0.2, -0.15) is 0 Å². The first-order chi connectivity index (χ1) is 5.31. The summed E-state index contributed by atoms with van der Waals surface area (Å²) in [6, 6.07) is 0. The van der Waals surface area contributed by atoms with Crippen LogP contribution in [-0.2, 0) is 4.79 Å². The molecule has 3 heteroatoms. The molecule has 0 heterocycles. The highest BCUT2D eigenvalue weighted by Gasteiger charge is 1.98. The Morgan fingerprint density at radius 2 is 2.18 bits per heavy atom. The van der Waals surface area contributed by atoms with Gasteiger partial charge in [0.25, 0.3) is 0 Å². The summed E-state index contributed by atoms with van der Waals surface area (Å²) in [6.45, 7) is 3.30. The minimum atomic E-state index is 0.308. The van der Waals surface area contributed by atoms with E-state index in [1.807, 2.05) is 7.05 Å². The van der Waals surface area contributed by atoms with E-state index < -0.39 is 0 Å². The maximum absolute atomic E-state index is 11.0. The predicted octanol–water partition coefficient (Wildman–Crippen LogP) is 0.512. The summed E-state index contributed by atoms with van der Waals surface area (Å²) in [7, 11) is 1.85. The molecule has 0 rings (SSSR count). The zero-order valence-corrected chi connectivity index (χ0v) is 7.44. The standard InChI is InChI=1S/C8H18N2O/c1-3-4-5-8(11)6-10-7-9-2/h9-10H,3-7H2,1-2H3. The van der Waals surface area contributed by atoms with Gasteiger partial charge < -0.3 is 5.32 Å². The third-order valence-corrected chi connectivity index (χ3v) is 1.43. The lowest BCUT2D eigenvalue weighted by Crippen LogP contribution is -2.30. The highest BCUT2D eigenvalue weighted by molar-refractivity contribution is 5.80. The van der Waals surface area contributed by atoms with Gasteiger partial charge in [0.05, 0.1) is 6.54 Å². The minimum Gasteiger partial charge on any atom is -0.308 e. The molecule has 0 radical (unpaired) electrons. The molecule has 0 bridgehead atoms. The van der Waals surface area contributed by atoms with E-state index in [0.29, 0.717) is 25.4 Å². The molecule has 0 spiro atoms. The molecule has 0 saturated carbocycles. The minimum absolute atomic E-state index is 0.308. The van der Waals surface area contributed by atoms with E-state index in [1.165, 1.54) is 0 Å². The quantitative estimate of drug-likeness (QED) is 0.419. The molecular weight excluding hydrogens is 140 g/mol. The lowest BCUT2D eigenvalue weighted by molar-refractivity contribution is -0.118. The van der Waals surface area contributed by atoms with Crippen molar-refractivity contribution in [2.75, 3.05) is 20.3 Å². The van der Waals surface area contributed by atoms with Crippen LogP contribution in [-0.4, -0.2) is 26.0 Å². The molecule has 0 fully saturated rings. The van der Waals surface area contributed by atoms with E-state index in [0.717, 1.165) is 12.8 Å².